The van der Waals surface area contributed by atoms with Crippen molar-refractivity contribution >= 4 is 34.3 Å². The standard InChI is InChI=1S/C21H26ClN7O2/c1-3-4-12-28-18-16(26-20(22)27-18)19(30)29(21(28)31)13-8-6-9-14(2)25-17(23)15-10-5-7-11-24-15/h5,7,10-11,23H,3-4,6,8-9,12-13H2,1-2H3,(H,26,27). The number of aryl methyl sites for hydroxylation is 1. The smallest absolute Gasteiger partial charge is 0.323 e. The summed E-state index contributed by atoms with van der Waals surface area (Å²) in [5, 5.41) is 8.12. The van der Waals surface area contributed by atoms with Gasteiger partial charge in [0, 0.05) is 25.0 Å². The highest BCUT2D eigenvalue weighted by Gasteiger charge is 2.16. The molecule has 10 heteroatoms. The second-order valence-electron chi connectivity index (χ2n) is 7.34. The van der Waals surface area contributed by atoms with Crippen LogP contribution in [0.25, 0.3) is 11.2 Å². The van der Waals surface area contributed by atoms with Crippen molar-refractivity contribution in [1.29, 1.82) is 5.41 Å². The van der Waals surface area contributed by atoms with Crippen molar-refractivity contribution in [2.24, 2.45) is 4.99 Å². The fourth-order valence-electron chi connectivity index (χ4n) is 3.31. The Labute approximate surface area is 184 Å². The van der Waals surface area contributed by atoms with Crippen molar-refractivity contribution in [1.82, 2.24) is 24.1 Å². The Hall–Kier alpha value is -3.07. The van der Waals surface area contributed by atoms with E-state index >= 15 is 0 Å². The van der Waals surface area contributed by atoms with E-state index in [0.29, 0.717) is 37.3 Å². The summed E-state index contributed by atoms with van der Waals surface area (Å²) in [6.07, 6.45) is 5.36. The molecule has 0 aliphatic heterocycles. The Morgan fingerprint density at radius 2 is 1.97 bits per heavy atom. The topological polar surface area (TPSA) is 122 Å². The third-order valence-corrected chi connectivity index (χ3v) is 5.13. The largest absolute Gasteiger partial charge is 0.332 e. The summed E-state index contributed by atoms with van der Waals surface area (Å²) < 4.78 is 2.76. The molecule has 0 saturated carbocycles. The van der Waals surface area contributed by atoms with Crippen LogP contribution in [0.3, 0.4) is 0 Å². The molecular weight excluding hydrogens is 418 g/mol. The van der Waals surface area contributed by atoms with Gasteiger partial charge < -0.3 is 4.98 Å². The number of aliphatic imine (C=N–C) groups is 1. The number of hydrogen-bond donors (Lipinski definition) is 2. The minimum Gasteiger partial charge on any atom is -0.323 e. The van der Waals surface area contributed by atoms with E-state index < -0.39 is 5.56 Å². The molecule has 0 aliphatic carbocycles. The van der Waals surface area contributed by atoms with E-state index in [-0.39, 0.29) is 22.3 Å². The van der Waals surface area contributed by atoms with Gasteiger partial charge >= 0.3 is 5.69 Å². The Kier molecular flexibility index (Phi) is 7.51. The van der Waals surface area contributed by atoms with Gasteiger partial charge in [0.25, 0.3) is 5.56 Å². The number of aromatic amines is 1. The molecule has 3 rings (SSSR count). The number of nitrogens with zero attached hydrogens (tertiary/aromatic N) is 5. The number of unbranched alkanes of at least 4 members (excludes halogenated alkanes) is 2. The minimum absolute atomic E-state index is 0.0942. The van der Waals surface area contributed by atoms with E-state index in [1.54, 1.807) is 18.3 Å². The summed E-state index contributed by atoms with van der Waals surface area (Å²) in [5.41, 5.74) is 1.11. The van der Waals surface area contributed by atoms with Crippen LogP contribution >= 0.6 is 11.6 Å². The SMILES string of the molecule is CCCCn1c(=O)n(CCCCC(C)=NC(=N)c2ccccn2)c(=O)c2[nH]c(Cl)nc21. The molecule has 0 aliphatic rings. The van der Waals surface area contributed by atoms with Gasteiger partial charge in [-0.15, -0.1) is 0 Å². The summed E-state index contributed by atoms with van der Waals surface area (Å²) in [6, 6.07) is 5.35. The summed E-state index contributed by atoms with van der Waals surface area (Å²) >= 11 is 5.95. The predicted octanol–water partition coefficient (Wildman–Crippen LogP) is 3.39. The van der Waals surface area contributed by atoms with Crippen LogP contribution in [-0.2, 0) is 13.1 Å². The van der Waals surface area contributed by atoms with E-state index in [9.17, 15) is 9.59 Å². The van der Waals surface area contributed by atoms with Crippen LogP contribution in [0.1, 0.15) is 51.6 Å². The van der Waals surface area contributed by atoms with Crippen LogP contribution in [0.2, 0.25) is 5.28 Å². The lowest BCUT2D eigenvalue weighted by atomic mass is 10.2. The maximum Gasteiger partial charge on any atom is 0.332 e. The molecule has 31 heavy (non-hydrogen) atoms. The number of fused-ring (bicyclic) bond motifs is 1. The average Bonchev–Trinajstić information content (AvgIpc) is 3.15. The van der Waals surface area contributed by atoms with E-state index in [0.717, 1.165) is 25.0 Å². The third kappa shape index (κ3) is 5.35. The van der Waals surface area contributed by atoms with Crippen molar-refractivity contribution in [3.63, 3.8) is 0 Å². The molecular formula is C21H26ClN7O2. The lowest BCUT2D eigenvalue weighted by molar-refractivity contribution is 0.526. The molecule has 3 aromatic rings. The third-order valence-electron chi connectivity index (χ3n) is 4.95. The van der Waals surface area contributed by atoms with Crippen LogP contribution < -0.4 is 11.2 Å². The monoisotopic (exact) mass is 443 g/mol. The van der Waals surface area contributed by atoms with Crippen molar-refractivity contribution in [3.05, 3.63) is 56.2 Å². The number of pyridine rings is 1. The number of amidine groups is 1. The lowest BCUT2D eigenvalue weighted by Crippen LogP contribution is -2.40. The highest BCUT2D eigenvalue weighted by molar-refractivity contribution is 6.29. The Morgan fingerprint density at radius 1 is 1.19 bits per heavy atom. The molecule has 0 spiro atoms. The molecule has 0 aromatic carbocycles. The zero-order valence-electron chi connectivity index (χ0n) is 17.7. The summed E-state index contributed by atoms with van der Waals surface area (Å²) in [6.45, 7) is 4.67. The number of halogens is 1. The van der Waals surface area contributed by atoms with Gasteiger partial charge in [0.15, 0.2) is 17.0 Å². The average molecular weight is 444 g/mol. The van der Waals surface area contributed by atoms with E-state index in [4.69, 9.17) is 17.0 Å². The van der Waals surface area contributed by atoms with Gasteiger partial charge in [-0.25, -0.2) is 9.79 Å². The van der Waals surface area contributed by atoms with Gasteiger partial charge in [0.05, 0.1) is 0 Å². The van der Waals surface area contributed by atoms with E-state index in [1.165, 1.54) is 9.13 Å². The zero-order valence-corrected chi connectivity index (χ0v) is 18.4. The molecule has 0 atom stereocenters. The van der Waals surface area contributed by atoms with Gasteiger partial charge in [0.2, 0.25) is 5.28 Å². The second kappa shape index (κ2) is 10.3. The zero-order chi connectivity index (χ0) is 22.4. The summed E-state index contributed by atoms with van der Waals surface area (Å²) in [5.74, 6) is 0.120. The van der Waals surface area contributed by atoms with Crippen LogP contribution in [0.4, 0.5) is 0 Å². The van der Waals surface area contributed by atoms with Gasteiger partial charge in [0.1, 0.15) is 5.69 Å². The number of rotatable bonds is 9. The molecule has 9 nitrogen and oxygen atoms in total. The Bertz CT molecular complexity index is 1210. The van der Waals surface area contributed by atoms with Crippen LogP contribution in [0.15, 0.2) is 39.0 Å². The summed E-state index contributed by atoms with van der Waals surface area (Å²) in [7, 11) is 0. The molecule has 164 valence electrons. The van der Waals surface area contributed by atoms with E-state index in [2.05, 4.69) is 19.9 Å². The highest BCUT2D eigenvalue weighted by Crippen LogP contribution is 2.11. The molecule has 0 fully saturated rings. The number of aromatic nitrogens is 5. The first-order valence-electron chi connectivity index (χ1n) is 10.3. The van der Waals surface area contributed by atoms with Crippen LogP contribution in [-0.4, -0.2) is 35.6 Å². The predicted molar refractivity (Wildman–Crippen MR) is 123 cm³/mol. The summed E-state index contributed by atoms with van der Waals surface area (Å²) in [4.78, 5) is 41.0. The quantitative estimate of drug-likeness (QED) is 0.228. The number of H-pyrrole nitrogens is 1. The van der Waals surface area contributed by atoms with Crippen LogP contribution in [0.5, 0.6) is 0 Å². The first-order valence-corrected chi connectivity index (χ1v) is 10.7. The van der Waals surface area contributed by atoms with Gasteiger partial charge in [-0.05, 0) is 56.3 Å². The number of nitrogens with one attached hydrogen (secondary N) is 2. The van der Waals surface area contributed by atoms with Gasteiger partial charge in [-0.2, -0.15) is 4.98 Å². The number of hydrogen-bond acceptors (Lipinski definition) is 5. The fourth-order valence-corrected chi connectivity index (χ4v) is 3.49. The maximum atomic E-state index is 12.9. The number of imidazole rings is 1. The molecule has 0 radical (unpaired) electrons. The molecule has 0 unspecified atom stereocenters. The highest BCUT2D eigenvalue weighted by atomic mass is 35.5. The van der Waals surface area contributed by atoms with Crippen LogP contribution in [0, 0.1) is 5.41 Å². The first kappa shape index (κ1) is 22.6. The van der Waals surface area contributed by atoms with Crippen molar-refractivity contribution in [2.45, 2.75) is 59.0 Å². The second-order valence-corrected chi connectivity index (χ2v) is 7.70. The molecule has 0 saturated heterocycles. The lowest BCUT2D eigenvalue weighted by Gasteiger charge is -2.11. The molecule has 3 heterocycles. The normalized spacial score (nSPS) is 11.9. The minimum atomic E-state index is -0.408. The molecule has 2 N–H and O–H groups in total. The van der Waals surface area contributed by atoms with Crippen molar-refractivity contribution in [2.75, 3.05) is 0 Å². The molecule has 0 amide bonds. The molecule has 3 aromatic heterocycles. The Balaban J connectivity index is 1.69. The van der Waals surface area contributed by atoms with Crippen molar-refractivity contribution in [3.8, 4) is 0 Å². The molecule has 0 bridgehead atoms. The Morgan fingerprint density at radius 3 is 2.68 bits per heavy atom. The van der Waals surface area contributed by atoms with E-state index in [1.807, 2.05) is 19.9 Å². The van der Waals surface area contributed by atoms with Crippen molar-refractivity contribution < 1.29 is 0 Å². The maximum absolute atomic E-state index is 12.9. The fraction of sp³-hybridized carbons (Fsp3) is 0.429. The first-order chi connectivity index (χ1) is 14.9. The van der Waals surface area contributed by atoms with Gasteiger partial charge in [-0.3, -0.25) is 24.3 Å². The van der Waals surface area contributed by atoms with Gasteiger partial charge in [-0.1, -0.05) is 19.4 Å².